The lowest BCUT2D eigenvalue weighted by Gasteiger charge is -2.13. The Morgan fingerprint density at radius 3 is 2.79 bits per heavy atom. The summed E-state index contributed by atoms with van der Waals surface area (Å²) in [5.41, 5.74) is 1.98. The van der Waals surface area contributed by atoms with E-state index in [1.807, 2.05) is 6.07 Å². The van der Waals surface area contributed by atoms with Gasteiger partial charge in [0.1, 0.15) is 5.58 Å². The van der Waals surface area contributed by atoms with Crippen molar-refractivity contribution >= 4 is 34.4 Å². The van der Waals surface area contributed by atoms with Crippen LogP contribution in [0.4, 0.5) is 0 Å². The molecule has 150 valence electrons. The third kappa shape index (κ3) is 3.86. The quantitative estimate of drug-likeness (QED) is 0.634. The number of aryl methyl sites for hydroxylation is 1. The van der Waals surface area contributed by atoms with Crippen molar-refractivity contribution in [2.24, 2.45) is 0 Å². The Morgan fingerprint density at radius 1 is 1.17 bits per heavy atom. The molecule has 1 aliphatic heterocycles. The van der Waals surface area contributed by atoms with Crippen LogP contribution in [0, 0.1) is 6.92 Å². The molecule has 0 spiro atoms. The average Bonchev–Trinajstić information content (AvgIpc) is 3.30. The van der Waals surface area contributed by atoms with E-state index in [1.165, 1.54) is 6.92 Å². The van der Waals surface area contributed by atoms with Gasteiger partial charge in [0.25, 0.3) is 5.91 Å². The maximum Gasteiger partial charge on any atom is 0.375 e. The minimum absolute atomic E-state index is 0.0534. The molecule has 1 amide bonds. The van der Waals surface area contributed by atoms with E-state index in [0.717, 1.165) is 10.9 Å². The van der Waals surface area contributed by atoms with Gasteiger partial charge in [-0.3, -0.25) is 4.79 Å². The number of ether oxygens (including phenoxy) is 3. The van der Waals surface area contributed by atoms with Gasteiger partial charge in [-0.15, -0.1) is 0 Å². The van der Waals surface area contributed by atoms with Gasteiger partial charge in [-0.25, -0.2) is 4.79 Å². The minimum atomic E-state index is -0.993. The normalized spacial score (nSPS) is 13.3. The van der Waals surface area contributed by atoms with Crippen molar-refractivity contribution in [2.45, 2.75) is 26.5 Å². The lowest BCUT2D eigenvalue weighted by molar-refractivity contribution is -0.129. The lowest BCUT2D eigenvalue weighted by Crippen LogP contribution is -2.35. The van der Waals surface area contributed by atoms with E-state index in [4.69, 9.17) is 30.2 Å². The molecule has 1 aromatic heterocycles. The van der Waals surface area contributed by atoms with Gasteiger partial charge in [-0.05, 0) is 49.7 Å². The summed E-state index contributed by atoms with van der Waals surface area (Å²) in [7, 11) is 0. The van der Waals surface area contributed by atoms with Crippen LogP contribution in [0.5, 0.6) is 11.5 Å². The topological polar surface area (TPSA) is 87.0 Å². The van der Waals surface area contributed by atoms with Crippen molar-refractivity contribution in [3.8, 4) is 11.5 Å². The Hall–Kier alpha value is -3.19. The number of halogens is 1. The number of hydrogen-bond acceptors (Lipinski definition) is 6. The molecule has 29 heavy (non-hydrogen) atoms. The molecule has 8 heteroatoms. The molecule has 0 saturated carbocycles. The summed E-state index contributed by atoms with van der Waals surface area (Å²) in [5, 5.41) is 4.00. The Labute approximate surface area is 171 Å². The van der Waals surface area contributed by atoms with Gasteiger partial charge in [0.15, 0.2) is 17.6 Å². The molecular weight excluding hydrogens is 398 g/mol. The number of carbonyl (C=O) groups is 2. The first-order valence-corrected chi connectivity index (χ1v) is 9.36. The van der Waals surface area contributed by atoms with Crippen LogP contribution in [0.1, 0.15) is 28.6 Å². The zero-order valence-electron chi connectivity index (χ0n) is 15.8. The summed E-state index contributed by atoms with van der Waals surface area (Å²) in [5.74, 6) is 0.229. The molecular formula is C21H18ClNO6. The molecule has 0 fully saturated rings. The molecule has 4 rings (SSSR count). The van der Waals surface area contributed by atoms with Crippen LogP contribution in [0.3, 0.4) is 0 Å². The van der Waals surface area contributed by atoms with Gasteiger partial charge in [0.2, 0.25) is 12.6 Å². The fourth-order valence-corrected chi connectivity index (χ4v) is 3.21. The van der Waals surface area contributed by atoms with Crippen molar-refractivity contribution in [2.75, 3.05) is 6.79 Å². The summed E-state index contributed by atoms with van der Waals surface area (Å²) in [6, 6.07) is 10.5. The SMILES string of the molecule is Cc1c(C(=O)O[C@H](C)C(=O)NCc2ccc3c(c2)OCO3)oc2ccc(Cl)cc12. The van der Waals surface area contributed by atoms with Crippen LogP contribution in [0.15, 0.2) is 40.8 Å². The Kier molecular flexibility index (Phi) is 5.07. The third-order valence-electron chi connectivity index (χ3n) is 4.64. The van der Waals surface area contributed by atoms with Gasteiger partial charge >= 0.3 is 5.97 Å². The van der Waals surface area contributed by atoms with E-state index in [1.54, 1.807) is 37.3 Å². The zero-order valence-corrected chi connectivity index (χ0v) is 16.5. The number of carbonyl (C=O) groups excluding carboxylic acids is 2. The van der Waals surface area contributed by atoms with Crippen molar-refractivity contribution < 1.29 is 28.2 Å². The second-order valence-corrected chi connectivity index (χ2v) is 7.09. The van der Waals surface area contributed by atoms with Crippen LogP contribution in [-0.2, 0) is 16.1 Å². The summed E-state index contributed by atoms with van der Waals surface area (Å²) in [6.07, 6.45) is -0.993. The fourth-order valence-electron chi connectivity index (χ4n) is 3.04. The molecule has 1 N–H and O–H groups in total. The standard InChI is InChI=1S/C21H18ClNO6/c1-11-15-8-14(22)4-6-16(15)29-19(11)21(25)28-12(2)20(24)23-9-13-3-5-17-18(7-13)27-10-26-17/h3-8,12H,9-10H2,1-2H3,(H,23,24)/t12-/m1/s1. The first kappa shape index (κ1) is 19.1. The molecule has 1 aliphatic rings. The number of benzene rings is 2. The van der Waals surface area contributed by atoms with Gasteiger partial charge < -0.3 is 23.9 Å². The smallest absolute Gasteiger partial charge is 0.375 e. The first-order chi connectivity index (χ1) is 13.9. The van der Waals surface area contributed by atoms with Crippen LogP contribution in [0.25, 0.3) is 11.0 Å². The van der Waals surface area contributed by atoms with E-state index in [0.29, 0.717) is 27.7 Å². The van der Waals surface area contributed by atoms with Crippen LogP contribution >= 0.6 is 11.6 Å². The second kappa shape index (κ2) is 7.67. The van der Waals surface area contributed by atoms with Crippen molar-refractivity contribution in [1.29, 1.82) is 0 Å². The highest BCUT2D eigenvalue weighted by Gasteiger charge is 2.24. The number of hydrogen-bond donors (Lipinski definition) is 1. The van der Waals surface area contributed by atoms with Gasteiger partial charge in [-0.1, -0.05) is 17.7 Å². The van der Waals surface area contributed by atoms with Crippen LogP contribution < -0.4 is 14.8 Å². The van der Waals surface area contributed by atoms with E-state index in [-0.39, 0.29) is 19.1 Å². The first-order valence-electron chi connectivity index (χ1n) is 8.98. The highest BCUT2D eigenvalue weighted by Crippen LogP contribution is 2.32. The number of fused-ring (bicyclic) bond motifs is 2. The molecule has 2 aromatic carbocycles. The highest BCUT2D eigenvalue weighted by molar-refractivity contribution is 6.31. The molecule has 0 unspecified atom stereocenters. The molecule has 0 bridgehead atoms. The summed E-state index contributed by atoms with van der Waals surface area (Å²) in [4.78, 5) is 24.8. The Bertz CT molecular complexity index is 1110. The van der Waals surface area contributed by atoms with Gasteiger partial charge in [-0.2, -0.15) is 0 Å². The van der Waals surface area contributed by atoms with Gasteiger partial charge in [0, 0.05) is 22.5 Å². The Morgan fingerprint density at radius 2 is 1.97 bits per heavy atom. The van der Waals surface area contributed by atoms with Crippen molar-refractivity contribution in [1.82, 2.24) is 5.32 Å². The van der Waals surface area contributed by atoms with Crippen molar-refractivity contribution in [3.63, 3.8) is 0 Å². The maximum atomic E-state index is 12.5. The molecule has 2 heterocycles. The number of amides is 1. The largest absolute Gasteiger partial charge is 0.454 e. The van der Waals surface area contributed by atoms with Crippen LogP contribution in [-0.4, -0.2) is 24.8 Å². The number of furan rings is 1. The van der Waals surface area contributed by atoms with E-state index in [9.17, 15) is 9.59 Å². The summed E-state index contributed by atoms with van der Waals surface area (Å²) < 4.78 is 21.4. The van der Waals surface area contributed by atoms with E-state index >= 15 is 0 Å². The van der Waals surface area contributed by atoms with Gasteiger partial charge in [0.05, 0.1) is 0 Å². The van der Waals surface area contributed by atoms with E-state index in [2.05, 4.69) is 5.32 Å². The predicted molar refractivity (Wildman–Crippen MR) is 105 cm³/mol. The lowest BCUT2D eigenvalue weighted by atomic mass is 10.1. The molecule has 1 atom stereocenters. The Balaban J connectivity index is 1.38. The molecule has 0 saturated heterocycles. The second-order valence-electron chi connectivity index (χ2n) is 6.65. The number of rotatable bonds is 5. The molecule has 0 aliphatic carbocycles. The molecule has 7 nitrogen and oxygen atoms in total. The number of esters is 1. The summed E-state index contributed by atoms with van der Waals surface area (Å²) >= 11 is 6.00. The highest BCUT2D eigenvalue weighted by atomic mass is 35.5. The van der Waals surface area contributed by atoms with Crippen LogP contribution in [0.2, 0.25) is 5.02 Å². The predicted octanol–water partition coefficient (Wildman–Crippen LogP) is 3.99. The summed E-state index contributed by atoms with van der Waals surface area (Å²) in [6.45, 7) is 3.69. The molecule has 0 radical (unpaired) electrons. The van der Waals surface area contributed by atoms with E-state index < -0.39 is 18.0 Å². The minimum Gasteiger partial charge on any atom is -0.454 e. The average molecular weight is 416 g/mol. The fraction of sp³-hybridized carbons (Fsp3) is 0.238. The zero-order chi connectivity index (χ0) is 20.5. The maximum absolute atomic E-state index is 12.5. The molecule has 3 aromatic rings. The monoisotopic (exact) mass is 415 g/mol. The third-order valence-corrected chi connectivity index (χ3v) is 4.88. The number of nitrogens with one attached hydrogen (secondary N) is 1. The van der Waals surface area contributed by atoms with Crippen molar-refractivity contribution in [3.05, 3.63) is 58.3 Å².